The minimum absolute atomic E-state index is 0.164. The van der Waals surface area contributed by atoms with E-state index in [4.69, 9.17) is 9.47 Å². The predicted molar refractivity (Wildman–Crippen MR) is 96.0 cm³/mol. The van der Waals surface area contributed by atoms with Crippen molar-refractivity contribution in [2.45, 2.75) is 79.5 Å². The highest BCUT2D eigenvalue weighted by molar-refractivity contribution is 5.90. The van der Waals surface area contributed by atoms with E-state index in [2.05, 4.69) is 10.6 Å². The minimum atomic E-state index is -0.819. The smallest absolute Gasteiger partial charge is 0.408 e. The van der Waals surface area contributed by atoms with E-state index in [0.29, 0.717) is 6.42 Å². The molecular formula is C18H34N2O5. The summed E-state index contributed by atoms with van der Waals surface area (Å²) in [7, 11) is 1.28. The maximum absolute atomic E-state index is 12.7. The zero-order chi connectivity index (χ0) is 20.0. The van der Waals surface area contributed by atoms with Gasteiger partial charge in [0.05, 0.1) is 7.11 Å². The highest BCUT2D eigenvalue weighted by Gasteiger charge is 2.36. The molecule has 25 heavy (non-hydrogen) atoms. The second kappa shape index (κ2) is 9.06. The molecule has 0 aliphatic heterocycles. The lowest BCUT2D eigenvalue weighted by atomic mass is 9.86. The Hall–Kier alpha value is -1.79. The molecule has 0 spiro atoms. The van der Waals surface area contributed by atoms with Gasteiger partial charge in [0.15, 0.2) is 0 Å². The number of ether oxygens (including phenoxy) is 2. The number of carbonyl (C=O) groups is 3. The number of amides is 2. The fraction of sp³-hybridized carbons (Fsp3) is 0.833. The molecule has 7 heteroatoms. The lowest BCUT2D eigenvalue weighted by molar-refractivity contribution is -0.148. The van der Waals surface area contributed by atoms with E-state index < -0.39 is 41.1 Å². The van der Waals surface area contributed by atoms with Gasteiger partial charge in [0.25, 0.3) is 0 Å². The van der Waals surface area contributed by atoms with Crippen LogP contribution in [0.15, 0.2) is 0 Å². The van der Waals surface area contributed by atoms with E-state index in [1.165, 1.54) is 7.11 Å². The van der Waals surface area contributed by atoms with E-state index in [-0.39, 0.29) is 5.92 Å². The van der Waals surface area contributed by atoms with Crippen molar-refractivity contribution >= 4 is 18.0 Å². The zero-order valence-corrected chi connectivity index (χ0v) is 17.0. The molecule has 0 unspecified atom stereocenters. The molecule has 0 heterocycles. The van der Waals surface area contributed by atoms with Crippen molar-refractivity contribution in [1.82, 2.24) is 10.6 Å². The molecule has 2 amide bonds. The summed E-state index contributed by atoms with van der Waals surface area (Å²) in [5.41, 5.74) is -1.19. The summed E-state index contributed by atoms with van der Waals surface area (Å²) in [6, 6.07) is -1.62. The highest BCUT2D eigenvalue weighted by atomic mass is 16.6. The van der Waals surface area contributed by atoms with Crippen LogP contribution in [0.1, 0.15) is 61.8 Å². The summed E-state index contributed by atoms with van der Waals surface area (Å²) in [6.07, 6.45) is -0.248. The number of hydrogen-bond acceptors (Lipinski definition) is 5. The predicted octanol–water partition coefficient (Wildman–Crippen LogP) is 2.63. The van der Waals surface area contributed by atoms with E-state index in [9.17, 15) is 14.4 Å². The summed E-state index contributed by atoms with van der Waals surface area (Å²) in [5.74, 6) is -0.803. The Morgan fingerprint density at radius 1 is 0.960 bits per heavy atom. The van der Waals surface area contributed by atoms with Crippen molar-refractivity contribution in [3.05, 3.63) is 0 Å². The van der Waals surface area contributed by atoms with Gasteiger partial charge in [-0.25, -0.2) is 9.59 Å². The van der Waals surface area contributed by atoms with Gasteiger partial charge in [0.2, 0.25) is 5.91 Å². The van der Waals surface area contributed by atoms with Gasteiger partial charge in [0.1, 0.15) is 17.7 Å². The Balaban J connectivity index is 5.22. The molecule has 0 aromatic heterocycles. The first-order valence-corrected chi connectivity index (χ1v) is 8.55. The molecule has 0 saturated heterocycles. The number of methoxy groups -OCH3 is 1. The molecule has 0 aromatic rings. The number of nitrogens with one attached hydrogen (secondary N) is 2. The van der Waals surface area contributed by atoms with Gasteiger partial charge in [-0.1, -0.05) is 34.6 Å². The zero-order valence-electron chi connectivity index (χ0n) is 17.0. The van der Waals surface area contributed by atoms with Crippen molar-refractivity contribution in [1.29, 1.82) is 0 Å². The first-order valence-electron chi connectivity index (χ1n) is 8.55. The summed E-state index contributed by atoms with van der Waals surface area (Å²) < 4.78 is 10.0. The third-order valence-corrected chi connectivity index (χ3v) is 3.30. The second-order valence-electron chi connectivity index (χ2n) is 8.66. The Morgan fingerprint density at radius 2 is 1.48 bits per heavy atom. The molecule has 0 radical (unpaired) electrons. The summed E-state index contributed by atoms with van der Waals surface area (Å²) in [4.78, 5) is 36.7. The van der Waals surface area contributed by atoms with E-state index in [1.807, 2.05) is 34.6 Å². The van der Waals surface area contributed by atoms with Gasteiger partial charge in [0, 0.05) is 0 Å². The van der Waals surface area contributed by atoms with Gasteiger partial charge >= 0.3 is 12.1 Å². The molecule has 7 nitrogen and oxygen atoms in total. The Labute approximate surface area is 151 Å². The number of carbonyl (C=O) groups excluding carboxylic acids is 3. The largest absolute Gasteiger partial charge is 0.467 e. The van der Waals surface area contributed by atoms with E-state index >= 15 is 0 Å². The Morgan fingerprint density at radius 3 is 1.84 bits per heavy atom. The lowest BCUT2D eigenvalue weighted by Crippen LogP contribution is -2.56. The molecule has 2 N–H and O–H groups in total. The summed E-state index contributed by atoms with van der Waals surface area (Å²) in [6.45, 7) is 14.6. The van der Waals surface area contributed by atoms with Crippen molar-refractivity contribution < 1.29 is 23.9 Å². The van der Waals surface area contributed by atoms with Gasteiger partial charge in [-0.05, 0) is 38.5 Å². The Kier molecular flexibility index (Phi) is 8.41. The topological polar surface area (TPSA) is 93.7 Å². The van der Waals surface area contributed by atoms with E-state index in [1.54, 1.807) is 20.8 Å². The molecule has 0 fully saturated rings. The third-order valence-electron chi connectivity index (χ3n) is 3.30. The molecule has 0 aliphatic carbocycles. The van der Waals surface area contributed by atoms with Crippen molar-refractivity contribution in [3.8, 4) is 0 Å². The first-order chi connectivity index (χ1) is 11.2. The molecule has 2 atom stereocenters. The fourth-order valence-corrected chi connectivity index (χ4v) is 2.14. The SMILES string of the molecule is COC(=O)[C@@H](NC(=O)[C@H](CC(C)C)NC(=O)OC(C)(C)C)C(C)(C)C. The first kappa shape index (κ1) is 23.2. The van der Waals surface area contributed by atoms with Crippen LogP contribution < -0.4 is 10.6 Å². The highest BCUT2D eigenvalue weighted by Crippen LogP contribution is 2.21. The van der Waals surface area contributed by atoms with Crippen LogP contribution in [0.3, 0.4) is 0 Å². The van der Waals surface area contributed by atoms with Crippen LogP contribution >= 0.6 is 0 Å². The molecule has 0 aliphatic rings. The maximum Gasteiger partial charge on any atom is 0.408 e. The van der Waals surface area contributed by atoms with Gasteiger partial charge in [-0.3, -0.25) is 4.79 Å². The van der Waals surface area contributed by atoms with Gasteiger partial charge in [-0.2, -0.15) is 0 Å². The second-order valence-corrected chi connectivity index (χ2v) is 8.66. The number of hydrogen-bond donors (Lipinski definition) is 2. The van der Waals surface area contributed by atoms with Crippen molar-refractivity contribution in [2.75, 3.05) is 7.11 Å². The molecule has 146 valence electrons. The third kappa shape index (κ3) is 9.31. The van der Waals surface area contributed by atoms with Crippen LogP contribution in [0.4, 0.5) is 4.79 Å². The monoisotopic (exact) mass is 358 g/mol. The summed E-state index contributed by atoms with van der Waals surface area (Å²) >= 11 is 0. The number of alkyl carbamates (subject to hydrolysis) is 1. The van der Waals surface area contributed by atoms with Crippen LogP contribution in [0.2, 0.25) is 0 Å². The van der Waals surface area contributed by atoms with Crippen LogP contribution in [0.25, 0.3) is 0 Å². The van der Waals surface area contributed by atoms with Gasteiger partial charge < -0.3 is 20.1 Å². The van der Waals surface area contributed by atoms with Crippen LogP contribution in [0, 0.1) is 11.3 Å². The molecular weight excluding hydrogens is 324 g/mol. The lowest BCUT2D eigenvalue weighted by Gasteiger charge is -2.31. The number of rotatable bonds is 6. The minimum Gasteiger partial charge on any atom is -0.467 e. The van der Waals surface area contributed by atoms with Crippen LogP contribution in [0.5, 0.6) is 0 Å². The van der Waals surface area contributed by atoms with Crippen LogP contribution in [-0.2, 0) is 19.1 Å². The standard InChI is InChI=1S/C18H34N2O5/c1-11(2)10-12(19-16(23)25-18(6,7)8)14(21)20-13(15(22)24-9)17(3,4)5/h11-13H,10H2,1-9H3,(H,19,23)(H,20,21)/t12-,13+/m0/s1. The van der Waals surface area contributed by atoms with Gasteiger partial charge in [-0.15, -0.1) is 0 Å². The van der Waals surface area contributed by atoms with E-state index in [0.717, 1.165) is 0 Å². The average molecular weight is 358 g/mol. The Bertz CT molecular complexity index is 475. The average Bonchev–Trinajstić information content (AvgIpc) is 2.39. The van der Waals surface area contributed by atoms with Crippen molar-refractivity contribution in [3.63, 3.8) is 0 Å². The molecule has 0 aromatic carbocycles. The fourth-order valence-electron chi connectivity index (χ4n) is 2.14. The summed E-state index contributed by atoms with van der Waals surface area (Å²) in [5, 5.41) is 5.29. The number of esters is 1. The molecule has 0 saturated carbocycles. The quantitative estimate of drug-likeness (QED) is 0.712. The normalized spacial score (nSPS) is 14.5. The molecule has 0 bridgehead atoms. The van der Waals surface area contributed by atoms with Crippen LogP contribution in [-0.4, -0.2) is 42.8 Å². The molecule has 0 rings (SSSR count). The maximum atomic E-state index is 12.7. The van der Waals surface area contributed by atoms with Crippen molar-refractivity contribution in [2.24, 2.45) is 11.3 Å².